The van der Waals surface area contributed by atoms with Gasteiger partial charge in [0.05, 0.1) is 0 Å². The first kappa shape index (κ1) is 25.3. The third kappa shape index (κ3) is 7.32. The highest BCUT2D eigenvalue weighted by Crippen LogP contribution is 2.36. The fraction of sp³-hybridized carbons (Fsp3) is 0.320. The Morgan fingerprint density at radius 2 is 1.55 bits per heavy atom. The molecule has 0 radical (unpaired) electrons. The lowest BCUT2D eigenvalue weighted by Gasteiger charge is -2.27. The van der Waals surface area contributed by atoms with Gasteiger partial charge in [0.1, 0.15) is 21.8 Å². The molecular weight excluding hydrogens is 478 g/mol. The van der Waals surface area contributed by atoms with E-state index in [0.29, 0.717) is 20.8 Å². The summed E-state index contributed by atoms with van der Waals surface area (Å²) >= 11 is 8.54. The van der Waals surface area contributed by atoms with Gasteiger partial charge in [-0.1, -0.05) is 47.6 Å². The summed E-state index contributed by atoms with van der Waals surface area (Å²) in [6, 6.07) is 15.1. The molecule has 0 unspecified atom stereocenters. The second-order valence-electron chi connectivity index (χ2n) is 8.86. The number of rotatable bonds is 8. The van der Waals surface area contributed by atoms with E-state index in [2.05, 4.69) is 4.98 Å². The van der Waals surface area contributed by atoms with E-state index in [1.165, 1.54) is 23.1 Å². The average Bonchev–Trinajstić information content (AvgIpc) is 3.19. The zero-order valence-electron chi connectivity index (χ0n) is 19.2. The van der Waals surface area contributed by atoms with Crippen molar-refractivity contribution in [2.75, 3.05) is 6.61 Å². The number of hydrogen-bond acceptors (Lipinski definition) is 7. The molecule has 0 saturated heterocycles. The molecule has 0 aliphatic carbocycles. The Bertz CT molecular complexity index is 1120. The molecule has 0 saturated carbocycles. The van der Waals surface area contributed by atoms with Gasteiger partial charge < -0.3 is 9.47 Å². The van der Waals surface area contributed by atoms with Crippen molar-refractivity contribution < 1.29 is 19.1 Å². The lowest BCUT2D eigenvalue weighted by Crippen LogP contribution is -2.36. The molecule has 8 heteroatoms. The zero-order chi connectivity index (χ0) is 24.2. The second kappa shape index (κ2) is 10.3. The van der Waals surface area contributed by atoms with E-state index in [9.17, 15) is 9.59 Å². The van der Waals surface area contributed by atoms with Gasteiger partial charge in [0.25, 0.3) is 0 Å². The molecule has 3 aromatic rings. The van der Waals surface area contributed by atoms with Crippen LogP contribution in [0.2, 0.25) is 5.02 Å². The Kier molecular flexibility index (Phi) is 7.88. The highest BCUT2D eigenvalue weighted by atomic mass is 35.5. The first-order chi connectivity index (χ1) is 15.4. The number of benzene rings is 2. The quantitative estimate of drug-likeness (QED) is 0.188. The number of Topliss-reactive ketones (excluding diaryl/α,β-unsaturated/α-hetero) is 1. The highest BCUT2D eigenvalue weighted by Gasteiger charge is 2.35. The fourth-order valence-electron chi connectivity index (χ4n) is 2.70. The summed E-state index contributed by atoms with van der Waals surface area (Å²) in [5.41, 5.74) is 1.83. The maximum absolute atomic E-state index is 12.5. The first-order valence-electron chi connectivity index (χ1n) is 10.3. The molecule has 0 bridgehead atoms. The van der Waals surface area contributed by atoms with E-state index >= 15 is 0 Å². The maximum Gasteiger partial charge on any atom is 0.322 e. The number of nitrogens with zero attached hydrogens (tertiary/aromatic N) is 1. The predicted molar refractivity (Wildman–Crippen MR) is 135 cm³/mol. The van der Waals surface area contributed by atoms with Gasteiger partial charge >= 0.3 is 5.97 Å². The molecule has 0 atom stereocenters. The van der Waals surface area contributed by atoms with Crippen molar-refractivity contribution >= 4 is 46.5 Å². The van der Waals surface area contributed by atoms with Gasteiger partial charge in [-0.05, 0) is 70.0 Å². The summed E-state index contributed by atoms with van der Waals surface area (Å²) in [7, 11) is 0. The lowest BCUT2D eigenvalue weighted by atomic mass is 10.1. The number of hydrogen-bond donors (Lipinski definition) is 0. The number of halogens is 1. The van der Waals surface area contributed by atoms with Gasteiger partial charge in [-0.25, -0.2) is 4.98 Å². The molecule has 5 nitrogen and oxygen atoms in total. The molecule has 3 rings (SSSR count). The standard InChI is InChI=1S/C25H26ClNO4S2/c1-24(2,3)31-22(29)25(4,5)33-23-27-20(15-32-23)21(28)14-30-19-12-8-17(9-13-19)16-6-10-18(26)11-7-16/h6-13,15H,14H2,1-5H3. The summed E-state index contributed by atoms with van der Waals surface area (Å²) in [5, 5.41) is 2.37. The van der Waals surface area contributed by atoms with Crippen LogP contribution in [0, 0.1) is 0 Å². The monoisotopic (exact) mass is 503 g/mol. The number of aromatic nitrogens is 1. The molecule has 2 aromatic carbocycles. The molecule has 0 N–H and O–H groups in total. The Morgan fingerprint density at radius 1 is 0.970 bits per heavy atom. The Morgan fingerprint density at radius 3 is 2.12 bits per heavy atom. The summed E-state index contributed by atoms with van der Waals surface area (Å²) in [6.45, 7) is 8.94. The van der Waals surface area contributed by atoms with Gasteiger partial charge in [0.2, 0.25) is 5.78 Å². The zero-order valence-corrected chi connectivity index (χ0v) is 21.6. The minimum Gasteiger partial charge on any atom is -0.485 e. The molecule has 0 aliphatic heterocycles. The van der Waals surface area contributed by atoms with Crippen LogP contribution in [0.1, 0.15) is 45.1 Å². The van der Waals surface area contributed by atoms with Gasteiger partial charge in [0, 0.05) is 10.4 Å². The van der Waals surface area contributed by atoms with Crippen molar-refractivity contribution in [3.05, 3.63) is 64.6 Å². The number of thioether (sulfide) groups is 1. The Balaban J connectivity index is 1.56. The van der Waals surface area contributed by atoms with Crippen molar-refractivity contribution in [1.82, 2.24) is 4.98 Å². The number of ether oxygens (including phenoxy) is 2. The van der Waals surface area contributed by atoms with Crippen molar-refractivity contribution in [3.8, 4) is 16.9 Å². The normalized spacial score (nSPS) is 11.8. The minimum absolute atomic E-state index is 0.121. The lowest BCUT2D eigenvalue weighted by molar-refractivity contribution is -0.156. The van der Waals surface area contributed by atoms with Crippen LogP contribution in [-0.2, 0) is 9.53 Å². The largest absolute Gasteiger partial charge is 0.485 e. The molecule has 33 heavy (non-hydrogen) atoms. The molecule has 1 heterocycles. The van der Waals surface area contributed by atoms with Crippen molar-refractivity contribution in [2.24, 2.45) is 0 Å². The Labute approximate surface area is 207 Å². The van der Waals surface area contributed by atoms with E-state index in [4.69, 9.17) is 21.1 Å². The van der Waals surface area contributed by atoms with E-state index in [1.807, 2.05) is 69.3 Å². The summed E-state index contributed by atoms with van der Waals surface area (Å²) in [4.78, 5) is 29.4. The molecular formula is C25H26ClNO4S2. The van der Waals surface area contributed by atoms with Gasteiger partial charge in [0.15, 0.2) is 10.9 Å². The highest BCUT2D eigenvalue weighted by molar-refractivity contribution is 8.03. The third-order valence-corrected chi connectivity index (χ3v) is 6.77. The van der Waals surface area contributed by atoms with Crippen LogP contribution in [0.3, 0.4) is 0 Å². The van der Waals surface area contributed by atoms with Crippen molar-refractivity contribution in [1.29, 1.82) is 0 Å². The number of thiazole rings is 1. The molecule has 174 valence electrons. The smallest absolute Gasteiger partial charge is 0.322 e. The molecule has 0 aliphatic rings. The minimum atomic E-state index is -0.826. The van der Waals surface area contributed by atoms with Crippen LogP contribution in [0.4, 0.5) is 0 Å². The van der Waals surface area contributed by atoms with Crippen molar-refractivity contribution in [2.45, 2.75) is 49.3 Å². The van der Waals surface area contributed by atoms with Gasteiger partial charge in [-0.15, -0.1) is 11.3 Å². The molecule has 0 amide bonds. The van der Waals surface area contributed by atoms with Crippen LogP contribution in [0.15, 0.2) is 58.3 Å². The summed E-state index contributed by atoms with van der Waals surface area (Å²) in [5.74, 6) is 0.0420. The van der Waals surface area contributed by atoms with Crippen LogP contribution < -0.4 is 4.74 Å². The molecule has 0 fully saturated rings. The van der Waals surface area contributed by atoms with E-state index < -0.39 is 10.3 Å². The average molecular weight is 504 g/mol. The summed E-state index contributed by atoms with van der Waals surface area (Å²) < 4.78 is 10.9. The van der Waals surface area contributed by atoms with Crippen LogP contribution in [-0.4, -0.2) is 33.7 Å². The molecule has 0 spiro atoms. The second-order valence-corrected chi connectivity index (χ2v) is 12.0. The summed E-state index contributed by atoms with van der Waals surface area (Å²) in [6.07, 6.45) is 0. The van der Waals surface area contributed by atoms with Crippen LogP contribution >= 0.6 is 34.7 Å². The fourth-order valence-corrected chi connectivity index (χ4v) is 5.04. The van der Waals surface area contributed by atoms with E-state index in [1.54, 1.807) is 19.2 Å². The maximum atomic E-state index is 12.5. The Hall–Kier alpha value is -2.35. The SMILES string of the molecule is CC(C)(C)OC(=O)C(C)(C)Sc1nc(C(=O)COc2ccc(-c3ccc(Cl)cc3)cc2)cs1. The van der Waals surface area contributed by atoms with Gasteiger partial charge in [-0.3, -0.25) is 9.59 Å². The molecule has 1 aromatic heterocycles. The van der Waals surface area contributed by atoms with E-state index in [0.717, 1.165) is 11.1 Å². The van der Waals surface area contributed by atoms with E-state index in [-0.39, 0.29) is 18.4 Å². The number of ketones is 1. The number of esters is 1. The van der Waals surface area contributed by atoms with Crippen molar-refractivity contribution in [3.63, 3.8) is 0 Å². The topological polar surface area (TPSA) is 65.5 Å². The first-order valence-corrected chi connectivity index (χ1v) is 12.4. The number of carbonyl (C=O) groups excluding carboxylic acids is 2. The van der Waals surface area contributed by atoms with Crippen LogP contribution in [0.25, 0.3) is 11.1 Å². The predicted octanol–water partition coefficient (Wildman–Crippen LogP) is 6.94. The third-order valence-electron chi connectivity index (χ3n) is 4.40. The van der Waals surface area contributed by atoms with Gasteiger partial charge in [-0.2, -0.15) is 0 Å². The number of carbonyl (C=O) groups is 2. The van der Waals surface area contributed by atoms with Crippen LogP contribution in [0.5, 0.6) is 5.75 Å².